The van der Waals surface area contributed by atoms with Crippen LogP contribution in [-0.2, 0) is 0 Å². The fourth-order valence-corrected chi connectivity index (χ4v) is 2.86. The van der Waals surface area contributed by atoms with Crippen LogP contribution in [0.25, 0.3) is 0 Å². The lowest BCUT2D eigenvalue weighted by atomic mass is 10.0. The zero-order valence-electron chi connectivity index (χ0n) is 12.8. The molecule has 1 fully saturated rings. The molecule has 3 nitrogen and oxygen atoms in total. The van der Waals surface area contributed by atoms with Crippen molar-refractivity contribution in [3.05, 3.63) is 29.8 Å². The van der Waals surface area contributed by atoms with Gasteiger partial charge in [0.05, 0.1) is 0 Å². The number of hydrogen-bond donors (Lipinski definition) is 1. The van der Waals surface area contributed by atoms with Crippen molar-refractivity contribution in [2.75, 3.05) is 32.8 Å². The lowest BCUT2D eigenvalue weighted by molar-refractivity contribution is 0.232. The average Bonchev–Trinajstić information content (AvgIpc) is 2.94. The molecule has 0 aromatic heterocycles. The molecule has 0 spiro atoms. The van der Waals surface area contributed by atoms with Crippen LogP contribution in [0.3, 0.4) is 0 Å². The molecule has 2 rings (SSSR count). The van der Waals surface area contributed by atoms with Gasteiger partial charge in [-0.25, -0.2) is 0 Å². The molecule has 0 aliphatic carbocycles. The number of hydrogen-bond acceptors (Lipinski definition) is 3. The van der Waals surface area contributed by atoms with Gasteiger partial charge in [-0.05, 0) is 43.5 Å². The summed E-state index contributed by atoms with van der Waals surface area (Å²) < 4.78 is 5.81. The van der Waals surface area contributed by atoms with Gasteiger partial charge in [0.1, 0.15) is 19.0 Å². The summed E-state index contributed by atoms with van der Waals surface area (Å²) in [5, 5.41) is 8.71. The number of likely N-dealkylation sites (tertiary alicyclic amines) is 1. The maximum atomic E-state index is 8.71. The van der Waals surface area contributed by atoms with Gasteiger partial charge in [-0.3, -0.25) is 4.90 Å². The molecule has 114 valence electrons. The van der Waals surface area contributed by atoms with Crippen LogP contribution in [0.15, 0.2) is 24.3 Å². The predicted molar refractivity (Wildman–Crippen MR) is 85.4 cm³/mol. The van der Waals surface area contributed by atoms with Gasteiger partial charge in [0.2, 0.25) is 0 Å². The molecular weight excluding hydrogens is 262 g/mol. The molecule has 1 heterocycles. The topological polar surface area (TPSA) is 32.7 Å². The second kappa shape index (κ2) is 8.71. The zero-order valence-corrected chi connectivity index (χ0v) is 12.8. The van der Waals surface area contributed by atoms with Crippen molar-refractivity contribution in [3.8, 4) is 17.6 Å². The van der Waals surface area contributed by atoms with Crippen molar-refractivity contribution in [3.63, 3.8) is 0 Å². The van der Waals surface area contributed by atoms with Crippen LogP contribution in [0.1, 0.15) is 31.7 Å². The van der Waals surface area contributed by atoms with Crippen LogP contribution in [0.5, 0.6) is 5.75 Å². The minimum atomic E-state index is -0.112. The quantitative estimate of drug-likeness (QED) is 0.816. The first-order valence-electron chi connectivity index (χ1n) is 7.86. The normalized spacial score (nSPS) is 18.3. The maximum absolute atomic E-state index is 8.71. The van der Waals surface area contributed by atoms with Crippen molar-refractivity contribution in [2.45, 2.75) is 26.2 Å². The number of nitrogens with zero attached hydrogens (tertiary/aromatic N) is 1. The highest BCUT2D eigenvalue weighted by Crippen LogP contribution is 2.20. The van der Waals surface area contributed by atoms with E-state index in [0.717, 1.165) is 30.4 Å². The Balaban J connectivity index is 1.74. The fraction of sp³-hybridized carbons (Fsp3) is 0.556. The van der Waals surface area contributed by atoms with Crippen molar-refractivity contribution in [1.82, 2.24) is 4.90 Å². The molecule has 1 N–H and O–H groups in total. The standard InChI is InChI=1S/C18H25NO2/c1-2-5-17-9-10-19(15-17)11-13-21-18-8-3-6-16(14-18)7-4-12-20/h3,6,8,14,17,20H,2,5,9-13,15H2,1H3. The Hall–Kier alpha value is -1.50. The van der Waals surface area contributed by atoms with Crippen molar-refractivity contribution in [1.29, 1.82) is 0 Å². The molecule has 0 saturated carbocycles. The van der Waals surface area contributed by atoms with Crippen LogP contribution in [0, 0.1) is 17.8 Å². The van der Waals surface area contributed by atoms with E-state index in [-0.39, 0.29) is 6.61 Å². The summed E-state index contributed by atoms with van der Waals surface area (Å²) in [6.45, 7) is 6.29. The predicted octanol–water partition coefficient (Wildman–Crippen LogP) is 2.53. The largest absolute Gasteiger partial charge is 0.492 e. The van der Waals surface area contributed by atoms with Crippen molar-refractivity contribution < 1.29 is 9.84 Å². The summed E-state index contributed by atoms with van der Waals surface area (Å²) >= 11 is 0. The summed E-state index contributed by atoms with van der Waals surface area (Å²) in [6, 6.07) is 7.73. The van der Waals surface area contributed by atoms with Crippen LogP contribution >= 0.6 is 0 Å². The number of ether oxygens (including phenoxy) is 1. The zero-order chi connectivity index (χ0) is 14.9. The monoisotopic (exact) mass is 287 g/mol. The van der Waals surface area contributed by atoms with Gasteiger partial charge in [0, 0.05) is 18.7 Å². The highest BCUT2D eigenvalue weighted by atomic mass is 16.5. The molecule has 3 heteroatoms. The molecule has 1 aliphatic rings. The van der Waals surface area contributed by atoms with Crippen LogP contribution in [-0.4, -0.2) is 42.9 Å². The summed E-state index contributed by atoms with van der Waals surface area (Å²) in [7, 11) is 0. The fourth-order valence-electron chi connectivity index (χ4n) is 2.86. The average molecular weight is 287 g/mol. The van der Waals surface area contributed by atoms with Crippen LogP contribution < -0.4 is 4.74 Å². The van der Waals surface area contributed by atoms with E-state index in [2.05, 4.69) is 23.7 Å². The Morgan fingerprint density at radius 2 is 2.33 bits per heavy atom. The van der Waals surface area contributed by atoms with Crippen molar-refractivity contribution in [2.24, 2.45) is 5.92 Å². The third-order valence-corrected chi connectivity index (χ3v) is 3.89. The van der Waals surface area contributed by atoms with E-state index in [1.807, 2.05) is 24.3 Å². The van der Waals surface area contributed by atoms with Gasteiger partial charge >= 0.3 is 0 Å². The molecule has 0 bridgehead atoms. The minimum absolute atomic E-state index is 0.112. The molecule has 0 radical (unpaired) electrons. The highest BCUT2D eigenvalue weighted by Gasteiger charge is 2.20. The lowest BCUT2D eigenvalue weighted by Crippen LogP contribution is -2.26. The SMILES string of the molecule is CCCC1CCN(CCOc2cccc(C#CCO)c2)C1. The van der Waals surface area contributed by atoms with Gasteiger partial charge in [-0.15, -0.1) is 0 Å². The third-order valence-electron chi connectivity index (χ3n) is 3.89. The highest BCUT2D eigenvalue weighted by molar-refractivity contribution is 5.39. The Kier molecular flexibility index (Phi) is 6.59. The Morgan fingerprint density at radius 3 is 3.14 bits per heavy atom. The first kappa shape index (κ1) is 15.9. The minimum Gasteiger partial charge on any atom is -0.492 e. The Bertz CT molecular complexity index is 489. The van der Waals surface area contributed by atoms with E-state index < -0.39 is 0 Å². The number of aliphatic hydroxyl groups excluding tert-OH is 1. The summed E-state index contributed by atoms with van der Waals surface area (Å²) in [6.07, 6.45) is 3.97. The molecular formula is C18H25NO2. The van der Waals surface area contributed by atoms with E-state index in [9.17, 15) is 0 Å². The lowest BCUT2D eigenvalue weighted by Gasteiger charge is -2.16. The van der Waals surface area contributed by atoms with E-state index in [1.165, 1.54) is 32.4 Å². The first-order chi connectivity index (χ1) is 10.3. The van der Waals surface area contributed by atoms with Gasteiger partial charge in [0.25, 0.3) is 0 Å². The molecule has 1 aromatic carbocycles. The van der Waals surface area contributed by atoms with E-state index in [0.29, 0.717) is 0 Å². The third kappa shape index (κ3) is 5.41. The molecule has 0 amide bonds. The molecule has 1 unspecified atom stereocenters. The van der Waals surface area contributed by atoms with Gasteiger partial charge in [0.15, 0.2) is 0 Å². The molecule has 21 heavy (non-hydrogen) atoms. The first-order valence-corrected chi connectivity index (χ1v) is 7.86. The molecule has 1 atom stereocenters. The smallest absolute Gasteiger partial charge is 0.120 e. The van der Waals surface area contributed by atoms with E-state index >= 15 is 0 Å². The molecule has 1 aliphatic heterocycles. The van der Waals surface area contributed by atoms with Gasteiger partial charge in [-0.1, -0.05) is 31.3 Å². The van der Waals surface area contributed by atoms with Gasteiger partial charge in [-0.2, -0.15) is 0 Å². The summed E-state index contributed by atoms with van der Waals surface area (Å²) in [5.41, 5.74) is 0.880. The summed E-state index contributed by atoms with van der Waals surface area (Å²) in [4.78, 5) is 2.50. The second-order valence-corrected chi connectivity index (χ2v) is 5.58. The van der Waals surface area contributed by atoms with Crippen molar-refractivity contribution >= 4 is 0 Å². The Morgan fingerprint density at radius 1 is 1.43 bits per heavy atom. The molecule has 1 aromatic rings. The number of benzene rings is 1. The maximum Gasteiger partial charge on any atom is 0.120 e. The van der Waals surface area contributed by atoms with Gasteiger partial charge < -0.3 is 9.84 Å². The second-order valence-electron chi connectivity index (χ2n) is 5.58. The van der Waals surface area contributed by atoms with Crippen LogP contribution in [0.4, 0.5) is 0 Å². The van der Waals surface area contributed by atoms with E-state index in [4.69, 9.17) is 9.84 Å². The van der Waals surface area contributed by atoms with Crippen LogP contribution in [0.2, 0.25) is 0 Å². The molecule has 1 saturated heterocycles. The Labute approximate surface area is 127 Å². The number of rotatable bonds is 6. The van der Waals surface area contributed by atoms with E-state index in [1.54, 1.807) is 0 Å². The summed E-state index contributed by atoms with van der Waals surface area (Å²) in [5.74, 6) is 7.28. The number of aliphatic hydroxyl groups is 1.